The number of nitrogens with one attached hydrogen (secondary N) is 1. The molecule has 1 saturated carbocycles. The van der Waals surface area contributed by atoms with E-state index in [0.29, 0.717) is 5.69 Å². The summed E-state index contributed by atoms with van der Waals surface area (Å²) in [6, 6.07) is 20.7. The van der Waals surface area contributed by atoms with Crippen LogP contribution in [0.3, 0.4) is 0 Å². The number of anilines is 1. The molecule has 0 aromatic heterocycles. The molecule has 1 aliphatic rings. The van der Waals surface area contributed by atoms with Gasteiger partial charge in [0.25, 0.3) is 10.0 Å². The van der Waals surface area contributed by atoms with Gasteiger partial charge in [0.15, 0.2) is 0 Å². The molecule has 8 heteroatoms. The molecular weight excluding hydrogens is 522 g/mol. The summed E-state index contributed by atoms with van der Waals surface area (Å²) in [4.78, 5) is 29.0. The van der Waals surface area contributed by atoms with E-state index in [1.165, 1.54) is 21.3 Å². The van der Waals surface area contributed by atoms with Gasteiger partial charge in [0.05, 0.1) is 10.6 Å². The smallest absolute Gasteiger partial charge is 0.264 e. The number of sulfonamides is 1. The fraction of sp³-hybridized carbons (Fsp3) is 0.375. The number of aryl methyl sites for hydroxylation is 2. The number of nitrogens with zero attached hydrogens (tertiary/aromatic N) is 2. The molecule has 1 fully saturated rings. The van der Waals surface area contributed by atoms with Gasteiger partial charge in [-0.25, -0.2) is 8.42 Å². The molecule has 0 spiro atoms. The highest BCUT2D eigenvalue weighted by atomic mass is 32.2. The molecule has 3 aromatic rings. The maximum Gasteiger partial charge on any atom is 0.264 e. The molecule has 0 aliphatic heterocycles. The summed E-state index contributed by atoms with van der Waals surface area (Å²) >= 11 is 0. The standard InChI is InChI=1S/C32H39N3O4S/c1-23-12-10-14-27(20-23)21-34(26(4)32(37)33-28-15-8-9-16-28)31(36)22-35(30-19-11-13-24(2)25(30)3)40(38,39)29-17-6-5-7-18-29/h5-7,10-14,17-20,26,28H,8-9,15-16,21-22H2,1-4H3,(H,33,37)/t26-/m0/s1. The fourth-order valence-electron chi connectivity index (χ4n) is 5.22. The van der Waals surface area contributed by atoms with Crippen molar-refractivity contribution in [2.75, 3.05) is 10.8 Å². The Morgan fingerprint density at radius 2 is 1.60 bits per heavy atom. The molecule has 212 valence electrons. The Morgan fingerprint density at radius 1 is 0.925 bits per heavy atom. The second-order valence-electron chi connectivity index (χ2n) is 10.7. The molecular formula is C32H39N3O4S. The summed E-state index contributed by atoms with van der Waals surface area (Å²) in [5, 5.41) is 3.10. The summed E-state index contributed by atoms with van der Waals surface area (Å²) in [6.07, 6.45) is 4.01. The monoisotopic (exact) mass is 561 g/mol. The Morgan fingerprint density at radius 3 is 2.27 bits per heavy atom. The average Bonchev–Trinajstić information content (AvgIpc) is 3.45. The van der Waals surface area contributed by atoms with Gasteiger partial charge >= 0.3 is 0 Å². The second-order valence-corrected chi connectivity index (χ2v) is 12.6. The van der Waals surface area contributed by atoms with Gasteiger partial charge in [0.1, 0.15) is 12.6 Å². The molecule has 4 rings (SSSR count). The predicted molar refractivity (Wildman–Crippen MR) is 158 cm³/mol. The van der Waals surface area contributed by atoms with Crippen LogP contribution in [0.5, 0.6) is 0 Å². The zero-order chi connectivity index (χ0) is 28.9. The summed E-state index contributed by atoms with van der Waals surface area (Å²) < 4.78 is 29.1. The molecule has 0 radical (unpaired) electrons. The largest absolute Gasteiger partial charge is 0.352 e. The van der Waals surface area contributed by atoms with Crippen molar-refractivity contribution >= 4 is 27.5 Å². The van der Waals surface area contributed by atoms with Crippen LogP contribution in [0.4, 0.5) is 5.69 Å². The van der Waals surface area contributed by atoms with Crippen molar-refractivity contribution < 1.29 is 18.0 Å². The quantitative estimate of drug-likeness (QED) is 0.365. The molecule has 0 unspecified atom stereocenters. The fourth-order valence-corrected chi connectivity index (χ4v) is 6.71. The van der Waals surface area contributed by atoms with E-state index in [4.69, 9.17) is 0 Å². The van der Waals surface area contributed by atoms with E-state index in [0.717, 1.165) is 47.9 Å². The van der Waals surface area contributed by atoms with E-state index in [-0.39, 0.29) is 23.4 Å². The molecule has 1 N–H and O–H groups in total. The zero-order valence-corrected chi connectivity index (χ0v) is 24.6. The van der Waals surface area contributed by atoms with Crippen LogP contribution >= 0.6 is 0 Å². The Labute approximate surface area is 238 Å². The number of carbonyl (C=O) groups excluding carboxylic acids is 2. The number of benzene rings is 3. The molecule has 3 aromatic carbocycles. The average molecular weight is 562 g/mol. The van der Waals surface area contributed by atoms with E-state index < -0.39 is 28.5 Å². The number of hydrogen-bond acceptors (Lipinski definition) is 4. The van der Waals surface area contributed by atoms with Crippen molar-refractivity contribution in [2.45, 2.75) is 76.9 Å². The third-order valence-corrected chi connectivity index (χ3v) is 9.53. The van der Waals surface area contributed by atoms with Crippen LogP contribution in [0.2, 0.25) is 0 Å². The lowest BCUT2D eigenvalue weighted by atomic mass is 10.1. The molecule has 1 aliphatic carbocycles. The number of carbonyl (C=O) groups is 2. The first-order chi connectivity index (χ1) is 19.1. The highest BCUT2D eigenvalue weighted by Crippen LogP contribution is 2.29. The summed E-state index contributed by atoms with van der Waals surface area (Å²) in [7, 11) is -4.08. The van der Waals surface area contributed by atoms with Gasteiger partial charge in [-0.2, -0.15) is 0 Å². The highest BCUT2D eigenvalue weighted by molar-refractivity contribution is 7.92. The second kappa shape index (κ2) is 12.7. The first-order valence-electron chi connectivity index (χ1n) is 13.9. The van der Waals surface area contributed by atoms with Crippen LogP contribution in [0.15, 0.2) is 77.7 Å². The summed E-state index contributed by atoms with van der Waals surface area (Å²) in [6.45, 7) is 7.20. The molecule has 0 bridgehead atoms. The van der Waals surface area contributed by atoms with Gasteiger partial charge in [0.2, 0.25) is 11.8 Å². The van der Waals surface area contributed by atoms with Crippen molar-refractivity contribution in [3.8, 4) is 0 Å². The van der Waals surface area contributed by atoms with Gasteiger partial charge in [-0.05, 0) is 75.4 Å². The topological polar surface area (TPSA) is 86.8 Å². The van der Waals surface area contributed by atoms with Crippen LogP contribution in [-0.4, -0.2) is 43.8 Å². The van der Waals surface area contributed by atoms with E-state index >= 15 is 0 Å². The Bertz CT molecular complexity index is 1450. The van der Waals surface area contributed by atoms with Crippen molar-refractivity contribution in [3.05, 3.63) is 95.1 Å². The maximum atomic E-state index is 14.1. The van der Waals surface area contributed by atoms with Gasteiger partial charge in [-0.1, -0.05) is 73.0 Å². The summed E-state index contributed by atoms with van der Waals surface area (Å²) in [5.41, 5.74) is 4.04. The SMILES string of the molecule is Cc1cccc(CN(C(=O)CN(c2cccc(C)c2C)S(=O)(=O)c2ccccc2)[C@@H](C)C(=O)NC2CCCC2)c1. The Kier molecular flexibility index (Phi) is 9.30. The van der Waals surface area contributed by atoms with Crippen LogP contribution in [0.1, 0.15) is 54.9 Å². The molecule has 2 amide bonds. The normalized spacial score (nSPS) is 14.5. The minimum absolute atomic E-state index is 0.0981. The lowest BCUT2D eigenvalue weighted by Crippen LogP contribution is -2.52. The molecule has 1 atom stereocenters. The lowest BCUT2D eigenvalue weighted by Gasteiger charge is -2.33. The molecule has 7 nitrogen and oxygen atoms in total. The van der Waals surface area contributed by atoms with Crippen molar-refractivity contribution in [2.24, 2.45) is 0 Å². The first kappa shape index (κ1) is 29.3. The van der Waals surface area contributed by atoms with Crippen LogP contribution in [0, 0.1) is 20.8 Å². The molecule has 40 heavy (non-hydrogen) atoms. The van der Waals surface area contributed by atoms with E-state index in [2.05, 4.69) is 5.32 Å². The minimum Gasteiger partial charge on any atom is -0.352 e. The maximum absolute atomic E-state index is 14.1. The summed E-state index contributed by atoms with van der Waals surface area (Å²) in [5.74, 6) is -0.673. The van der Waals surface area contributed by atoms with Gasteiger partial charge in [0, 0.05) is 12.6 Å². The van der Waals surface area contributed by atoms with Gasteiger partial charge < -0.3 is 10.2 Å². The number of hydrogen-bond donors (Lipinski definition) is 1. The van der Waals surface area contributed by atoms with Crippen molar-refractivity contribution in [3.63, 3.8) is 0 Å². The Hall–Kier alpha value is -3.65. The number of rotatable bonds is 10. The third-order valence-electron chi connectivity index (χ3n) is 7.76. The van der Waals surface area contributed by atoms with Crippen molar-refractivity contribution in [1.29, 1.82) is 0 Å². The van der Waals surface area contributed by atoms with Crippen LogP contribution < -0.4 is 9.62 Å². The Balaban J connectivity index is 1.71. The lowest BCUT2D eigenvalue weighted by molar-refractivity contribution is -0.139. The highest BCUT2D eigenvalue weighted by Gasteiger charge is 2.34. The van der Waals surface area contributed by atoms with Gasteiger partial charge in [-0.3, -0.25) is 13.9 Å². The van der Waals surface area contributed by atoms with E-state index in [1.807, 2.05) is 51.1 Å². The minimum atomic E-state index is -4.08. The van der Waals surface area contributed by atoms with Gasteiger partial charge in [-0.15, -0.1) is 0 Å². The van der Waals surface area contributed by atoms with E-state index in [1.54, 1.807) is 37.3 Å². The van der Waals surface area contributed by atoms with E-state index in [9.17, 15) is 18.0 Å². The number of amides is 2. The van der Waals surface area contributed by atoms with Crippen LogP contribution in [-0.2, 0) is 26.2 Å². The molecule has 0 saturated heterocycles. The third kappa shape index (κ3) is 6.73. The van der Waals surface area contributed by atoms with Crippen LogP contribution in [0.25, 0.3) is 0 Å². The predicted octanol–water partition coefficient (Wildman–Crippen LogP) is 5.28. The zero-order valence-electron chi connectivity index (χ0n) is 23.8. The molecule has 0 heterocycles. The van der Waals surface area contributed by atoms with Crippen molar-refractivity contribution in [1.82, 2.24) is 10.2 Å². The first-order valence-corrected chi connectivity index (χ1v) is 15.3.